The van der Waals surface area contributed by atoms with Crippen LogP contribution in [0.25, 0.3) is 0 Å². The van der Waals surface area contributed by atoms with Crippen LogP contribution in [0.2, 0.25) is 5.02 Å². The molecule has 1 aromatic rings. The zero-order chi connectivity index (χ0) is 10.2. The first-order chi connectivity index (χ1) is 5.84. The summed E-state index contributed by atoms with van der Waals surface area (Å²) in [5.41, 5.74) is 0.656. The van der Waals surface area contributed by atoms with Gasteiger partial charge in [-0.05, 0) is 24.6 Å². The minimum Gasteiger partial charge on any atom is -0.207 e. The zero-order valence-electron chi connectivity index (χ0n) is 6.51. The smallest absolute Gasteiger partial charge is 0.207 e. The number of halogens is 3. The highest BCUT2D eigenvalue weighted by Gasteiger charge is 2.16. The highest BCUT2D eigenvalue weighted by atomic mass is 79.9. The third-order valence-corrected chi connectivity index (χ3v) is 4.37. The molecule has 13 heavy (non-hydrogen) atoms. The van der Waals surface area contributed by atoms with Crippen LogP contribution in [-0.4, -0.2) is 8.42 Å². The summed E-state index contributed by atoms with van der Waals surface area (Å²) in [5.74, 6) is 0. The van der Waals surface area contributed by atoms with E-state index in [2.05, 4.69) is 15.9 Å². The molecule has 0 aromatic heterocycles. The van der Waals surface area contributed by atoms with Crippen LogP contribution in [-0.2, 0) is 9.05 Å². The van der Waals surface area contributed by atoms with E-state index in [0.29, 0.717) is 5.56 Å². The SMILES string of the molecule is Cc1c(Br)ccc(S(=O)(=O)Cl)c1Cl. The maximum atomic E-state index is 11.0. The van der Waals surface area contributed by atoms with Gasteiger partial charge < -0.3 is 0 Å². The molecule has 0 radical (unpaired) electrons. The molecule has 0 aliphatic carbocycles. The van der Waals surface area contributed by atoms with Crippen LogP contribution in [0.3, 0.4) is 0 Å². The summed E-state index contributed by atoms with van der Waals surface area (Å²) in [6.07, 6.45) is 0. The van der Waals surface area contributed by atoms with E-state index in [1.54, 1.807) is 13.0 Å². The normalized spacial score (nSPS) is 11.7. The Balaban J connectivity index is 3.53. The lowest BCUT2D eigenvalue weighted by Crippen LogP contribution is -1.93. The molecule has 1 rings (SSSR count). The third kappa shape index (κ3) is 2.37. The summed E-state index contributed by atoms with van der Waals surface area (Å²) in [5, 5.41) is 0.157. The van der Waals surface area contributed by atoms with Gasteiger partial charge in [0.05, 0.1) is 5.02 Å². The Morgan fingerprint density at radius 2 is 1.92 bits per heavy atom. The molecule has 0 amide bonds. The van der Waals surface area contributed by atoms with Gasteiger partial charge in [0.15, 0.2) is 0 Å². The lowest BCUT2D eigenvalue weighted by Gasteiger charge is -2.04. The predicted molar refractivity (Wildman–Crippen MR) is 56.9 cm³/mol. The maximum absolute atomic E-state index is 11.0. The summed E-state index contributed by atoms with van der Waals surface area (Å²) >= 11 is 9.01. The lowest BCUT2D eigenvalue weighted by atomic mass is 10.2. The number of rotatable bonds is 1. The first kappa shape index (κ1) is 11.3. The van der Waals surface area contributed by atoms with Crippen LogP contribution in [0.5, 0.6) is 0 Å². The topological polar surface area (TPSA) is 34.1 Å². The van der Waals surface area contributed by atoms with Crippen molar-refractivity contribution in [2.24, 2.45) is 0 Å². The van der Waals surface area contributed by atoms with E-state index < -0.39 is 9.05 Å². The predicted octanol–water partition coefficient (Wildman–Crippen LogP) is 3.34. The maximum Gasteiger partial charge on any atom is 0.262 e. The molecule has 0 saturated carbocycles. The second-order valence-electron chi connectivity index (χ2n) is 2.42. The first-order valence-electron chi connectivity index (χ1n) is 3.23. The van der Waals surface area contributed by atoms with Crippen LogP contribution in [0.1, 0.15) is 5.56 Å². The molecule has 0 spiro atoms. The average Bonchev–Trinajstić information content (AvgIpc) is 1.98. The largest absolute Gasteiger partial charge is 0.262 e. The van der Waals surface area contributed by atoms with Crippen molar-refractivity contribution in [3.63, 3.8) is 0 Å². The Kier molecular flexibility index (Phi) is 3.28. The van der Waals surface area contributed by atoms with Gasteiger partial charge in [-0.2, -0.15) is 0 Å². The number of hydrogen-bond donors (Lipinski definition) is 0. The molecule has 0 atom stereocenters. The van der Waals surface area contributed by atoms with E-state index in [1.807, 2.05) is 0 Å². The van der Waals surface area contributed by atoms with Gasteiger partial charge in [-0.1, -0.05) is 27.5 Å². The summed E-state index contributed by atoms with van der Waals surface area (Å²) in [6, 6.07) is 2.96. The minimum atomic E-state index is -3.75. The number of benzene rings is 1. The molecule has 0 aliphatic heterocycles. The second kappa shape index (κ2) is 3.77. The summed E-state index contributed by atoms with van der Waals surface area (Å²) in [7, 11) is 1.41. The molecule has 0 N–H and O–H groups in total. The van der Waals surface area contributed by atoms with Gasteiger partial charge in [0.1, 0.15) is 4.90 Å². The van der Waals surface area contributed by atoms with E-state index in [1.165, 1.54) is 6.07 Å². The highest BCUT2D eigenvalue weighted by molar-refractivity contribution is 9.10. The zero-order valence-corrected chi connectivity index (χ0v) is 10.4. The number of hydrogen-bond acceptors (Lipinski definition) is 2. The van der Waals surface area contributed by atoms with E-state index in [9.17, 15) is 8.42 Å². The Bertz CT molecular complexity index is 442. The molecule has 0 saturated heterocycles. The fourth-order valence-electron chi connectivity index (χ4n) is 0.825. The monoisotopic (exact) mass is 302 g/mol. The van der Waals surface area contributed by atoms with E-state index in [-0.39, 0.29) is 9.92 Å². The summed E-state index contributed by atoms with van der Waals surface area (Å²) in [6.45, 7) is 1.71. The molecule has 6 heteroatoms. The molecular formula is C7H5BrCl2O2S. The van der Waals surface area contributed by atoms with Gasteiger partial charge in [0, 0.05) is 15.2 Å². The van der Waals surface area contributed by atoms with Crippen molar-refractivity contribution in [3.8, 4) is 0 Å². The Morgan fingerprint density at radius 3 is 2.38 bits per heavy atom. The molecular weight excluding hydrogens is 299 g/mol. The van der Waals surface area contributed by atoms with Crippen LogP contribution in [0, 0.1) is 6.92 Å². The van der Waals surface area contributed by atoms with Gasteiger partial charge in [-0.3, -0.25) is 0 Å². The fourth-order valence-corrected chi connectivity index (χ4v) is 2.84. The standard InChI is InChI=1S/C7H5BrCl2O2S/c1-4-5(8)2-3-6(7(4)9)13(10,11)12/h2-3H,1H3. The van der Waals surface area contributed by atoms with Gasteiger partial charge in [0.2, 0.25) is 0 Å². The van der Waals surface area contributed by atoms with Crippen molar-refractivity contribution in [2.45, 2.75) is 11.8 Å². The molecule has 0 fully saturated rings. The van der Waals surface area contributed by atoms with Crippen molar-refractivity contribution in [1.29, 1.82) is 0 Å². The highest BCUT2D eigenvalue weighted by Crippen LogP contribution is 2.31. The molecule has 0 bridgehead atoms. The Hall–Kier alpha value is 0.230. The molecule has 0 unspecified atom stereocenters. The van der Waals surface area contributed by atoms with Crippen LogP contribution in [0.4, 0.5) is 0 Å². The fraction of sp³-hybridized carbons (Fsp3) is 0.143. The molecule has 0 heterocycles. The van der Waals surface area contributed by atoms with E-state index in [0.717, 1.165) is 4.47 Å². The van der Waals surface area contributed by atoms with Crippen molar-refractivity contribution in [3.05, 3.63) is 27.2 Å². The molecule has 2 nitrogen and oxygen atoms in total. The second-order valence-corrected chi connectivity index (χ2v) is 6.19. The first-order valence-corrected chi connectivity index (χ1v) is 6.71. The lowest BCUT2D eigenvalue weighted by molar-refractivity contribution is 0.609. The van der Waals surface area contributed by atoms with Crippen LogP contribution < -0.4 is 0 Å². The summed E-state index contributed by atoms with van der Waals surface area (Å²) < 4.78 is 22.7. The minimum absolute atomic E-state index is 0.0588. The van der Waals surface area contributed by atoms with Gasteiger partial charge in [0.25, 0.3) is 9.05 Å². The van der Waals surface area contributed by atoms with Crippen molar-refractivity contribution >= 4 is 47.3 Å². The molecule has 0 aliphatic rings. The van der Waals surface area contributed by atoms with Gasteiger partial charge >= 0.3 is 0 Å². The summed E-state index contributed by atoms with van der Waals surface area (Å²) in [4.78, 5) is -0.0588. The Morgan fingerprint density at radius 1 is 1.38 bits per heavy atom. The van der Waals surface area contributed by atoms with Gasteiger partial charge in [-0.15, -0.1) is 0 Å². The molecule has 72 valence electrons. The van der Waals surface area contributed by atoms with Crippen molar-refractivity contribution < 1.29 is 8.42 Å². The van der Waals surface area contributed by atoms with Gasteiger partial charge in [-0.25, -0.2) is 8.42 Å². The van der Waals surface area contributed by atoms with Crippen molar-refractivity contribution in [2.75, 3.05) is 0 Å². The average molecular weight is 304 g/mol. The van der Waals surface area contributed by atoms with E-state index >= 15 is 0 Å². The quantitative estimate of drug-likeness (QED) is 0.746. The van der Waals surface area contributed by atoms with Crippen LogP contribution in [0.15, 0.2) is 21.5 Å². The Labute approximate surface area is 94.4 Å². The third-order valence-electron chi connectivity index (χ3n) is 1.55. The van der Waals surface area contributed by atoms with Crippen molar-refractivity contribution in [1.82, 2.24) is 0 Å². The molecule has 1 aromatic carbocycles. The van der Waals surface area contributed by atoms with E-state index in [4.69, 9.17) is 22.3 Å². The van der Waals surface area contributed by atoms with Crippen LogP contribution >= 0.6 is 38.2 Å².